The summed E-state index contributed by atoms with van der Waals surface area (Å²) < 4.78 is 47.7. The number of rotatable bonds is 4. The number of benzene rings is 2. The van der Waals surface area contributed by atoms with Crippen molar-refractivity contribution in [1.29, 1.82) is 5.26 Å². The Kier molecular flexibility index (Phi) is 6.36. The number of hydrogen-bond donors (Lipinski definition) is 0. The molecular formula is C28H21F3N4O3. The second-order valence-corrected chi connectivity index (χ2v) is 9.08. The van der Waals surface area contributed by atoms with E-state index in [1.54, 1.807) is 12.1 Å². The van der Waals surface area contributed by atoms with Crippen LogP contribution in [0.3, 0.4) is 0 Å². The zero-order valence-electron chi connectivity index (χ0n) is 20.2. The van der Waals surface area contributed by atoms with Gasteiger partial charge >= 0.3 is 5.97 Å². The van der Waals surface area contributed by atoms with Crippen LogP contribution in [-0.4, -0.2) is 47.9 Å². The van der Waals surface area contributed by atoms with Gasteiger partial charge < -0.3 is 14.5 Å². The summed E-state index contributed by atoms with van der Waals surface area (Å²) in [5.74, 6) is -4.25. The molecule has 5 rings (SSSR count). The van der Waals surface area contributed by atoms with Crippen LogP contribution in [0.25, 0.3) is 11.8 Å². The van der Waals surface area contributed by atoms with Crippen molar-refractivity contribution in [3.05, 3.63) is 93.9 Å². The molecule has 38 heavy (non-hydrogen) atoms. The fourth-order valence-electron chi connectivity index (χ4n) is 4.41. The molecule has 2 aromatic carbocycles. The summed E-state index contributed by atoms with van der Waals surface area (Å²) >= 11 is 0. The third kappa shape index (κ3) is 4.83. The summed E-state index contributed by atoms with van der Waals surface area (Å²) in [4.78, 5) is 33.2. The van der Waals surface area contributed by atoms with Gasteiger partial charge in [0.05, 0.1) is 16.7 Å². The van der Waals surface area contributed by atoms with Gasteiger partial charge in [0.2, 0.25) is 0 Å². The molecular weight excluding hydrogens is 497 g/mol. The molecule has 0 N–H and O–H groups in total. The average Bonchev–Trinajstić information content (AvgIpc) is 3.23. The van der Waals surface area contributed by atoms with E-state index in [9.17, 15) is 22.8 Å². The molecule has 0 bridgehead atoms. The maximum absolute atomic E-state index is 14.7. The predicted octanol–water partition coefficient (Wildman–Crippen LogP) is 4.83. The van der Waals surface area contributed by atoms with Gasteiger partial charge in [-0.25, -0.2) is 22.9 Å². The number of aromatic nitrogens is 1. The lowest BCUT2D eigenvalue weighted by Crippen LogP contribution is -2.49. The quantitative estimate of drug-likeness (QED) is 0.460. The summed E-state index contributed by atoms with van der Waals surface area (Å²) in [6.45, 7) is 2.39. The van der Waals surface area contributed by atoms with Gasteiger partial charge in [0, 0.05) is 50.4 Å². The maximum atomic E-state index is 14.7. The first-order valence-corrected chi connectivity index (χ1v) is 11.8. The van der Waals surface area contributed by atoms with E-state index < -0.39 is 23.6 Å². The molecule has 10 heteroatoms. The van der Waals surface area contributed by atoms with Crippen LogP contribution in [0, 0.1) is 17.1 Å². The van der Waals surface area contributed by atoms with E-state index in [2.05, 4.69) is 4.98 Å². The molecule has 0 aliphatic carbocycles. The van der Waals surface area contributed by atoms with Crippen molar-refractivity contribution in [2.75, 3.05) is 31.1 Å². The molecule has 1 aromatic heterocycles. The van der Waals surface area contributed by atoms with Crippen LogP contribution in [0.1, 0.15) is 49.9 Å². The number of nitrogens with zero attached hydrogens (tertiary/aromatic N) is 4. The second-order valence-electron chi connectivity index (χ2n) is 9.08. The van der Waals surface area contributed by atoms with Crippen LogP contribution in [0.5, 0.6) is 0 Å². The summed E-state index contributed by atoms with van der Waals surface area (Å²) in [7, 11) is 0. The van der Waals surface area contributed by atoms with Crippen molar-refractivity contribution in [1.82, 2.24) is 9.88 Å². The maximum Gasteiger partial charge on any atom is 0.344 e. The number of amides is 1. The topological polar surface area (TPSA) is 86.5 Å². The Bertz CT molecular complexity index is 1500. The van der Waals surface area contributed by atoms with Gasteiger partial charge in [-0.2, -0.15) is 5.26 Å². The van der Waals surface area contributed by atoms with E-state index in [-0.39, 0.29) is 28.0 Å². The molecule has 3 aromatic rings. The lowest BCUT2D eigenvalue weighted by atomic mass is 10.00. The molecule has 7 nitrogen and oxygen atoms in total. The average molecular weight is 518 g/mol. The van der Waals surface area contributed by atoms with Crippen molar-refractivity contribution >= 4 is 29.5 Å². The molecule has 1 fully saturated rings. The van der Waals surface area contributed by atoms with Crippen molar-refractivity contribution < 1.29 is 27.5 Å². The first kappa shape index (κ1) is 25.0. The number of halogens is 3. The van der Waals surface area contributed by atoms with Crippen molar-refractivity contribution in [2.45, 2.75) is 12.8 Å². The molecule has 2 aliphatic heterocycles. The number of anilines is 1. The number of ether oxygens (including phenoxy) is 1. The largest absolute Gasteiger partial charge is 0.422 e. The molecule has 0 atom stereocenters. The van der Waals surface area contributed by atoms with E-state index in [0.717, 1.165) is 13.0 Å². The third-order valence-electron chi connectivity index (χ3n) is 6.50. The van der Waals surface area contributed by atoms with Gasteiger partial charge in [-0.05, 0) is 48.0 Å². The van der Waals surface area contributed by atoms with E-state index in [4.69, 9.17) is 10.00 Å². The zero-order valence-corrected chi connectivity index (χ0v) is 20.2. The normalized spacial score (nSPS) is 16.3. The highest BCUT2D eigenvalue weighted by Gasteiger charge is 2.32. The van der Waals surface area contributed by atoms with Crippen LogP contribution < -0.4 is 4.90 Å². The highest BCUT2D eigenvalue weighted by molar-refractivity contribution is 6.06. The number of esters is 1. The first-order valence-electron chi connectivity index (χ1n) is 11.8. The Balaban J connectivity index is 1.35. The van der Waals surface area contributed by atoms with Crippen molar-refractivity contribution in [2.24, 2.45) is 0 Å². The van der Waals surface area contributed by atoms with Crippen LogP contribution >= 0.6 is 0 Å². The predicted molar refractivity (Wildman–Crippen MR) is 133 cm³/mol. The highest BCUT2D eigenvalue weighted by atomic mass is 19.3. The summed E-state index contributed by atoms with van der Waals surface area (Å²) in [6, 6.07) is 13.0. The summed E-state index contributed by atoms with van der Waals surface area (Å²) in [5, 5.41) is 8.93. The number of hydrogen-bond acceptors (Lipinski definition) is 6. The molecule has 0 spiro atoms. The van der Waals surface area contributed by atoms with E-state index >= 15 is 0 Å². The van der Waals surface area contributed by atoms with Crippen LogP contribution in [0.2, 0.25) is 0 Å². The van der Waals surface area contributed by atoms with Gasteiger partial charge in [-0.15, -0.1) is 0 Å². The number of cyclic esters (lactones) is 1. The minimum atomic E-state index is -3.11. The Morgan fingerprint density at radius 2 is 1.84 bits per heavy atom. The lowest BCUT2D eigenvalue weighted by molar-refractivity contribution is 0.0174. The zero-order chi connectivity index (χ0) is 27.0. The van der Waals surface area contributed by atoms with Crippen LogP contribution in [0.15, 0.2) is 54.7 Å². The van der Waals surface area contributed by atoms with E-state index in [0.29, 0.717) is 43.1 Å². The monoisotopic (exact) mass is 518 g/mol. The molecule has 0 radical (unpaired) electrons. The van der Waals surface area contributed by atoms with Gasteiger partial charge in [0.15, 0.2) is 0 Å². The van der Waals surface area contributed by atoms with E-state index in [1.807, 2.05) is 11.0 Å². The molecule has 192 valence electrons. The molecule has 1 saturated heterocycles. The number of carbonyl (C=O) groups excluding carboxylic acids is 2. The fourth-order valence-corrected chi connectivity index (χ4v) is 4.41. The Morgan fingerprint density at radius 3 is 2.50 bits per heavy atom. The summed E-state index contributed by atoms with van der Waals surface area (Å²) in [5.41, 5.74) is 0.761. The van der Waals surface area contributed by atoms with E-state index in [1.165, 1.54) is 47.5 Å². The Labute approximate surface area is 216 Å². The second kappa shape index (κ2) is 9.67. The number of alkyl halides is 2. The Hall–Kier alpha value is -4.65. The lowest BCUT2D eigenvalue weighted by Gasteiger charge is -2.35. The van der Waals surface area contributed by atoms with Crippen LogP contribution in [-0.2, 0) is 10.7 Å². The van der Waals surface area contributed by atoms with Gasteiger partial charge in [0.1, 0.15) is 23.5 Å². The number of fused-ring (bicyclic) bond motifs is 1. The van der Waals surface area contributed by atoms with Gasteiger partial charge in [0.25, 0.3) is 11.8 Å². The SMILES string of the molecule is CC(F)(F)c1ccc2c(c1)C(=Cc1ccc(F)c(C(=O)N3CCN(c4ccc(C#N)cn4)CC3)c1)OC2=O. The Morgan fingerprint density at radius 1 is 1.08 bits per heavy atom. The highest BCUT2D eigenvalue weighted by Crippen LogP contribution is 2.36. The van der Waals surface area contributed by atoms with Gasteiger partial charge in [-0.3, -0.25) is 4.79 Å². The molecule has 0 saturated carbocycles. The number of pyridine rings is 1. The van der Waals surface area contributed by atoms with Crippen LogP contribution in [0.4, 0.5) is 19.0 Å². The van der Waals surface area contributed by atoms with Crippen molar-refractivity contribution in [3.8, 4) is 6.07 Å². The smallest absolute Gasteiger partial charge is 0.344 e. The number of piperazine rings is 1. The molecule has 0 unspecified atom stereocenters. The standard InChI is InChI=1S/C28H21F3N4O3/c1-28(30,31)19-4-5-20-21(14-19)24(38-27(20)37)13-17-2-6-23(29)22(12-17)26(36)35-10-8-34(9-11-35)25-7-3-18(15-32)16-33-25/h2-7,12-14,16H,8-11H2,1H3. The molecule has 1 amide bonds. The minimum absolute atomic E-state index is 0.0460. The first-order chi connectivity index (χ1) is 18.1. The van der Waals surface area contributed by atoms with Gasteiger partial charge in [-0.1, -0.05) is 12.1 Å². The molecule has 3 heterocycles. The third-order valence-corrected chi connectivity index (χ3v) is 6.50. The minimum Gasteiger partial charge on any atom is -0.422 e. The number of nitriles is 1. The fraction of sp³-hybridized carbons (Fsp3) is 0.214. The van der Waals surface area contributed by atoms with Crippen molar-refractivity contribution in [3.63, 3.8) is 0 Å². The summed E-state index contributed by atoms with van der Waals surface area (Å²) in [6.07, 6.45) is 2.91. The number of carbonyl (C=O) groups is 2. The molecule has 2 aliphatic rings.